The first kappa shape index (κ1) is 20.8. The largest absolute Gasteiger partial charge is 0.494 e. The Bertz CT molecular complexity index is 1020. The molecule has 0 spiro atoms. The first-order valence-electron chi connectivity index (χ1n) is 8.94. The molecule has 0 saturated heterocycles. The fourth-order valence-electron chi connectivity index (χ4n) is 2.77. The number of carbonyl (C=O) groups excluding carboxylic acids is 1. The molecule has 0 aliphatic rings. The van der Waals surface area contributed by atoms with Gasteiger partial charge in [0.25, 0.3) is 0 Å². The molecule has 152 valence electrons. The number of amides is 1. The summed E-state index contributed by atoms with van der Waals surface area (Å²) in [6, 6.07) is 10.7. The van der Waals surface area contributed by atoms with Crippen molar-refractivity contribution in [3.63, 3.8) is 0 Å². The summed E-state index contributed by atoms with van der Waals surface area (Å²) in [6.45, 7) is 4.28. The number of thioether (sulfide) groups is 1. The molecule has 0 bridgehead atoms. The SMILES string of the molecule is COc1ccc(CN(C)C(=O)CSc2nnnn2-c2cc(C)ccc2C)cc1F. The van der Waals surface area contributed by atoms with Crippen molar-refractivity contribution in [2.45, 2.75) is 25.5 Å². The number of halogens is 1. The topological polar surface area (TPSA) is 73.1 Å². The quantitative estimate of drug-likeness (QED) is 0.552. The van der Waals surface area contributed by atoms with Crippen molar-refractivity contribution in [2.75, 3.05) is 19.9 Å². The summed E-state index contributed by atoms with van der Waals surface area (Å²) in [6.07, 6.45) is 0. The number of nitrogens with zero attached hydrogens (tertiary/aromatic N) is 5. The lowest BCUT2D eigenvalue weighted by molar-refractivity contribution is -0.127. The van der Waals surface area contributed by atoms with Crippen LogP contribution in [0.1, 0.15) is 16.7 Å². The molecule has 3 rings (SSSR count). The summed E-state index contributed by atoms with van der Waals surface area (Å²) in [5.74, 6) is -0.216. The fourth-order valence-corrected chi connectivity index (χ4v) is 3.60. The highest BCUT2D eigenvalue weighted by molar-refractivity contribution is 7.99. The number of hydrogen-bond acceptors (Lipinski definition) is 6. The maximum atomic E-state index is 13.8. The Morgan fingerprint density at radius 2 is 2.03 bits per heavy atom. The minimum absolute atomic E-state index is 0.109. The van der Waals surface area contributed by atoms with Crippen LogP contribution >= 0.6 is 11.8 Å². The van der Waals surface area contributed by atoms with Gasteiger partial charge in [-0.05, 0) is 59.2 Å². The van der Waals surface area contributed by atoms with Crippen molar-refractivity contribution < 1.29 is 13.9 Å². The molecule has 0 N–H and O–H groups in total. The van der Waals surface area contributed by atoms with E-state index in [2.05, 4.69) is 15.5 Å². The minimum Gasteiger partial charge on any atom is -0.494 e. The van der Waals surface area contributed by atoms with Gasteiger partial charge >= 0.3 is 0 Å². The number of ether oxygens (including phenoxy) is 1. The van der Waals surface area contributed by atoms with Gasteiger partial charge < -0.3 is 9.64 Å². The molecule has 0 atom stereocenters. The Kier molecular flexibility index (Phi) is 6.48. The van der Waals surface area contributed by atoms with Crippen LogP contribution in [0.2, 0.25) is 0 Å². The molecule has 3 aromatic rings. The van der Waals surface area contributed by atoms with E-state index < -0.39 is 5.82 Å². The van der Waals surface area contributed by atoms with Crippen LogP contribution in [-0.2, 0) is 11.3 Å². The van der Waals surface area contributed by atoms with Crippen LogP contribution in [-0.4, -0.2) is 50.9 Å². The summed E-state index contributed by atoms with van der Waals surface area (Å²) < 4.78 is 20.4. The number of rotatable bonds is 7. The van der Waals surface area contributed by atoms with Gasteiger partial charge in [-0.2, -0.15) is 4.68 Å². The van der Waals surface area contributed by atoms with Crippen LogP contribution in [0.5, 0.6) is 5.75 Å². The van der Waals surface area contributed by atoms with Gasteiger partial charge in [0, 0.05) is 13.6 Å². The molecule has 29 heavy (non-hydrogen) atoms. The zero-order valence-corrected chi connectivity index (χ0v) is 17.5. The second-order valence-corrected chi connectivity index (χ2v) is 7.61. The van der Waals surface area contributed by atoms with Crippen molar-refractivity contribution in [1.82, 2.24) is 25.1 Å². The molecular weight excluding hydrogens is 393 g/mol. The van der Waals surface area contributed by atoms with Crippen molar-refractivity contribution in [3.05, 3.63) is 58.9 Å². The number of carbonyl (C=O) groups is 1. The zero-order chi connectivity index (χ0) is 21.0. The molecule has 0 fully saturated rings. The van der Waals surface area contributed by atoms with Crippen LogP contribution in [0, 0.1) is 19.7 Å². The third-order valence-electron chi connectivity index (χ3n) is 4.42. The van der Waals surface area contributed by atoms with Gasteiger partial charge in [0.1, 0.15) is 0 Å². The Balaban J connectivity index is 1.65. The lowest BCUT2D eigenvalue weighted by Crippen LogP contribution is -2.28. The average molecular weight is 415 g/mol. The second kappa shape index (κ2) is 9.04. The molecule has 0 aliphatic carbocycles. The minimum atomic E-state index is -0.451. The van der Waals surface area contributed by atoms with Crippen molar-refractivity contribution in [3.8, 4) is 11.4 Å². The van der Waals surface area contributed by atoms with E-state index in [1.807, 2.05) is 32.0 Å². The van der Waals surface area contributed by atoms with Crippen LogP contribution in [0.4, 0.5) is 4.39 Å². The first-order valence-corrected chi connectivity index (χ1v) is 9.92. The predicted octanol–water partition coefficient (Wildman–Crippen LogP) is 3.18. The molecule has 0 unspecified atom stereocenters. The summed E-state index contributed by atoms with van der Waals surface area (Å²) >= 11 is 1.26. The Labute approximate surface area is 172 Å². The lowest BCUT2D eigenvalue weighted by Gasteiger charge is -2.17. The molecule has 7 nitrogen and oxygen atoms in total. The fraction of sp³-hybridized carbons (Fsp3) is 0.300. The molecule has 9 heteroatoms. The van der Waals surface area contributed by atoms with Crippen molar-refractivity contribution in [1.29, 1.82) is 0 Å². The first-order chi connectivity index (χ1) is 13.9. The summed E-state index contributed by atoms with van der Waals surface area (Å²) in [5.41, 5.74) is 3.70. The van der Waals surface area contributed by atoms with Crippen LogP contribution in [0.25, 0.3) is 5.69 Å². The molecule has 1 heterocycles. The zero-order valence-electron chi connectivity index (χ0n) is 16.7. The number of benzene rings is 2. The molecule has 1 amide bonds. The number of hydrogen-bond donors (Lipinski definition) is 0. The van der Waals surface area contributed by atoms with E-state index in [0.29, 0.717) is 17.3 Å². The molecule has 0 saturated carbocycles. The highest BCUT2D eigenvalue weighted by atomic mass is 32.2. The lowest BCUT2D eigenvalue weighted by atomic mass is 10.1. The highest BCUT2D eigenvalue weighted by Gasteiger charge is 2.16. The molecule has 0 radical (unpaired) electrons. The van der Waals surface area contributed by atoms with Crippen LogP contribution in [0.15, 0.2) is 41.6 Å². The maximum Gasteiger partial charge on any atom is 0.233 e. The summed E-state index contributed by atoms with van der Waals surface area (Å²) in [5, 5.41) is 12.4. The maximum absolute atomic E-state index is 13.8. The third kappa shape index (κ3) is 4.92. The van der Waals surface area contributed by atoms with Gasteiger partial charge in [-0.1, -0.05) is 30.0 Å². The van der Waals surface area contributed by atoms with E-state index in [1.165, 1.54) is 24.9 Å². The third-order valence-corrected chi connectivity index (χ3v) is 5.32. The van der Waals surface area contributed by atoms with E-state index in [4.69, 9.17) is 4.74 Å². The number of methoxy groups -OCH3 is 1. The standard InChI is InChI=1S/C20H22FN5O2S/c1-13-5-6-14(2)17(9-13)26-20(22-23-24-26)29-12-19(27)25(3)11-15-7-8-18(28-4)16(21)10-15/h5-10H,11-12H2,1-4H3. The van der Waals surface area contributed by atoms with E-state index >= 15 is 0 Å². The van der Waals surface area contributed by atoms with Crippen LogP contribution in [0.3, 0.4) is 0 Å². The second-order valence-electron chi connectivity index (χ2n) is 6.67. The summed E-state index contributed by atoms with van der Waals surface area (Å²) in [4.78, 5) is 14.1. The van der Waals surface area contributed by atoms with Crippen molar-refractivity contribution >= 4 is 17.7 Å². The van der Waals surface area contributed by atoms with Crippen molar-refractivity contribution in [2.24, 2.45) is 0 Å². The van der Waals surface area contributed by atoms with Gasteiger partial charge in [0.05, 0.1) is 18.6 Å². The number of aromatic nitrogens is 4. The molecule has 2 aromatic carbocycles. The van der Waals surface area contributed by atoms with Gasteiger partial charge in [-0.3, -0.25) is 4.79 Å². The Hall–Kier alpha value is -2.94. The van der Waals surface area contributed by atoms with Gasteiger partial charge in [-0.25, -0.2) is 4.39 Å². The van der Waals surface area contributed by atoms with Gasteiger partial charge in [0.15, 0.2) is 11.6 Å². The monoisotopic (exact) mass is 415 g/mol. The number of aryl methyl sites for hydroxylation is 2. The normalized spacial score (nSPS) is 10.8. The molecular formula is C20H22FN5O2S. The van der Waals surface area contributed by atoms with Gasteiger partial charge in [-0.15, -0.1) is 5.10 Å². The Morgan fingerprint density at radius 1 is 1.24 bits per heavy atom. The number of tetrazole rings is 1. The van der Waals surface area contributed by atoms with E-state index in [9.17, 15) is 9.18 Å². The van der Waals surface area contributed by atoms with Crippen LogP contribution < -0.4 is 4.74 Å². The molecule has 1 aromatic heterocycles. The van der Waals surface area contributed by atoms with E-state index in [0.717, 1.165) is 16.8 Å². The smallest absolute Gasteiger partial charge is 0.233 e. The highest BCUT2D eigenvalue weighted by Crippen LogP contribution is 2.22. The Morgan fingerprint density at radius 3 is 2.76 bits per heavy atom. The molecule has 0 aliphatic heterocycles. The summed E-state index contributed by atoms with van der Waals surface area (Å²) in [7, 11) is 3.09. The average Bonchev–Trinajstić information content (AvgIpc) is 3.16. The predicted molar refractivity (Wildman–Crippen MR) is 109 cm³/mol. The van der Waals surface area contributed by atoms with Gasteiger partial charge in [0.2, 0.25) is 11.1 Å². The van der Waals surface area contributed by atoms with E-state index in [-0.39, 0.29) is 17.4 Å². The van der Waals surface area contributed by atoms with E-state index in [1.54, 1.807) is 28.8 Å².